The second-order valence-electron chi connectivity index (χ2n) is 9.34. The Hall–Kier alpha value is -4.25. The molecule has 0 bridgehead atoms. The van der Waals surface area contributed by atoms with Crippen LogP contribution in [0.1, 0.15) is 63.0 Å². The standard InChI is InChI=1S/C27H27FN6O3S/c28-19-11-5-1-7-15(19)14-34(27(37)24-21(29)22(25(30)35)33-38-24)23(26(36)32-16-8-2-3-9-16)18-13-31-20-12-6-4-10-17(18)20/h1,4-7,10-13,16,23,31H,2-3,8-9,14,29H2,(H2,30,35)(H,32,36)/t23-/m1/s1. The van der Waals surface area contributed by atoms with E-state index in [1.165, 1.54) is 11.0 Å². The van der Waals surface area contributed by atoms with Crippen molar-refractivity contribution in [1.29, 1.82) is 0 Å². The molecule has 0 saturated heterocycles. The minimum atomic E-state index is -1.13. The first kappa shape index (κ1) is 25.4. The summed E-state index contributed by atoms with van der Waals surface area (Å²) in [6.45, 7) is -0.225. The van der Waals surface area contributed by atoms with Gasteiger partial charge in [0.25, 0.3) is 11.8 Å². The topological polar surface area (TPSA) is 147 Å². The summed E-state index contributed by atoms with van der Waals surface area (Å²) in [5.41, 5.74) is 12.6. The second kappa shape index (κ2) is 10.6. The monoisotopic (exact) mass is 534 g/mol. The van der Waals surface area contributed by atoms with Crippen LogP contribution in [-0.2, 0) is 11.3 Å². The van der Waals surface area contributed by atoms with Gasteiger partial charge in [-0.1, -0.05) is 49.2 Å². The van der Waals surface area contributed by atoms with E-state index in [0.717, 1.165) is 48.1 Å². The van der Waals surface area contributed by atoms with Gasteiger partial charge in [-0.3, -0.25) is 14.4 Å². The number of hydrogen-bond donors (Lipinski definition) is 4. The maximum Gasteiger partial charge on any atom is 0.270 e. The van der Waals surface area contributed by atoms with E-state index in [1.54, 1.807) is 24.4 Å². The van der Waals surface area contributed by atoms with Crippen molar-refractivity contribution in [2.24, 2.45) is 5.73 Å². The highest BCUT2D eigenvalue weighted by Gasteiger charge is 2.37. The molecule has 0 unspecified atom stereocenters. The fraction of sp³-hybridized carbons (Fsp3) is 0.259. The van der Waals surface area contributed by atoms with Crippen LogP contribution >= 0.6 is 11.5 Å². The zero-order valence-electron chi connectivity index (χ0n) is 20.4. The molecule has 38 heavy (non-hydrogen) atoms. The number of fused-ring (bicyclic) bond motifs is 1. The first-order valence-corrected chi connectivity index (χ1v) is 13.1. The van der Waals surface area contributed by atoms with E-state index in [2.05, 4.69) is 14.7 Å². The molecule has 1 atom stereocenters. The van der Waals surface area contributed by atoms with Gasteiger partial charge in [-0.05, 0) is 36.5 Å². The van der Waals surface area contributed by atoms with Crippen molar-refractivity contribution in [3.8, 4) is 0 Å². The quantitative estimate of drug-likeness (QED) is 0.271. The highest BCUT2D eigenvalue weighted by Crippen LogP contribution is 2.34. The van der Waals surface area contributed by atoms with Gasteiger partial charge in [0.05, 0.1) is 12.2 Å². The van der Waals surface area contributed by atoms with Gasteiger partial charge in [0.1, 0.15) is 16.7 Å². The van der Waals surface area contributed by atoms with Crippen molar-refractivity contribution in [3.05, 3.63) is 82.2 Å². The van der Waals surface area contributed by atoms with Gasteiger partial charge in [0.2, 0.25) is 5.91 Å². The van der Waals surface area contributed by atoms with Crippen LogP contribution in [0.5, 0.6) is 0 Å². The molecule has 6 N–H and O–H groups in total. The number of aromatic amines is 1. The summed E-state index contributed by atoms with van der Waals surface area (Å²) in [6.07, 6.45) is 5.40. The van der Waals surface area contributed by atoms with E-state index < -0.39 is 23.7 Å². The molecule has 0 spiro atoms. The number of carbonyl (C=O) groups is 3. The van der Waals surface area contributed by atoms with E-state index >= 15 is 0 Å². The molecule has 196 valence electrons. The minimum Gasteiger partial charge on any atom is -0.395 e. The lowest BCUT2D eigenvalue weighted by atomic mass is 10.0. The number of nitrogen functional groups attached to an aromatic ring is 1. The largest absolute Gasteiger partial charge is 0.395 e. The summed E-state index contributed by atoms with van der Waals surface area (Å²) in [5.74, 6) is -2.43. The number of rotatable bonds is 8. The third-order valence-corrected chi connectivity index (χ3v) is 7.74. The molecule has 2 aromatic carbocycles. The van der Waals surface area contributed by atoms with E-state index in [1.807, 2.05) is 24.3 Å². The molecule has 4 aromatic rings. The van der Waals surface area contributed by atoms with E-state index in [9.17, 15) is 18.8 Å². The molecule has 2 heterocycles. The number of nitrogens with zero attached hydrogens (tertiary/aromatic N) is 2. The highest BCUT2D eigenvalue weighted by atomic mass is 32.1. The Morgan fingerprint density at radius 1 is 1.13 bits per heavy atom. The van der Waals surface area contributed by atoms with Gasteiger partial charge in [-0.2, -0.15) is 4.37 Å². The third-order valence-electron chi connectivity index (χ3n) is 6.89. The molecule has 0 aliphatic heterocycles. The number of aromatic nitrogens is 2. The number of anilines is 1. The van der Waals surface area contributed by atoms with E-state index in [0.29, 0.717) is 5.56 Å². The summed E-state index contributed by atoms with van der Waals surface area (Å²) in [6, 6.07) is 12.3. The number of nitrogens with one attached hydrogen (secondary N) is 2. The van der Waals surface area contributed by atoms with Crippen LogP contribution in [0.25, 0.3) is 10.9 Å². The molecular formula is C27H27FN6O3S. The SMILES string of the molecule is NC(=O)c1nsc(C(=O)N(Cc2ccccc2F)[C@@H](C(=O)NC2CCCC2)c2c[nH]c3ccccc23)c1N. The van der Waals surface area contributed by atoms with Crippen molar-refractivity contribution in [3.63, 3.8) is 0 Å². The number of nitrogens with two attached hydrogens (primary N) is 2. The van der Waals surface area contributed by atoms with Crippen LogP contribution in [0.3, 0.4) is 0 Å². The van der Waals surface area contributed by atoms with Crippen LogP contribution in [0.2, 0.25) is 0 Å². The molecule has 1 fully saturated rings. The number of H-pyrrole nitrogens is 1. The van der Waals surface area contributed by atoms with E-state index in [-0.39, 0.29) is 40.3 Å². The lowest BCUT2D eigenvalue weighted by Crippen LogP contribution is -2.46. The lowest BCUT2D eigenvalue weighted by Gasteiger charge is -2.32. The summed E-state index contributed by atoms with van der Waals surface area (Å²) in [4.78, 5) is 44.2. The van der Waals surface area contributed by atoms with Crippen molar-refractivity contribution < 1.29 is 18.8 Å². The number of para-hydroxylation sites is 1. The number of benzene rings is 2. The fourth-order valence-corrected chi connectivity index (χ4v) is 5.73. The molecule has 0 radical (unpaired) electrons. The lowest BCUT2D eigenvalue weighted by molar-refractivity contribution is -0.126. The maximum absolute atomic E-state index is 14.9. The Balaban J connectivity index is 1.65. The zero-order chi connectivity index (χ0) is 26.8. The molecule has 9 nitrogen and oxygen atoms in total. The Morgan fingerprint density at radius 3 is 2.55 bits per heavy atom. The Morgan fingerprint density at radius 2 is 1.84 bits per heavy atom. The number of halogens is 1. The van der Waals surface area contributed by atoms with Crippen LogP contribution < -0.4 is 16.8 Å². The average Bonchev–Trinajstić information content (AvgIpc) is 3.65. The molecule has 5 rings (SSSR count). The minimum absolute atomic E-state index is 0.0180. The summed E-state index contributed by atoms with van der Waals surface area (Å²) in [7, 11) is 0. The van der Waals surface area contributed by atoms with Gasteiger partial charge in [0, 0.05) is 34.3 Å². The van der Waals surface area contributed by atoms with Crippen LogP contribution in [0.4, 0.5) is 10.1 Å². The summed E-state index contributed by atoms with van der Waals surface area (Å²) >= 11 is 0.718. The Kier molecular flexibility index (Phi) is 7.10. The molecule has 2 aromatic heterocycles. The number of hydrogen-bond acceptors (Lipinski definition) is 6. The maximum atomic E-state index is 14.9. The van der Waals surface area contributed by atoms with Gasteiger partial charge < -0.3 is 26.7 Å². The van der Waals surface area contributed by atoms with Crippen molar-refractivity contribution in [2.45, 2.75) is 44.3 Å². The zero-order valence-corrected chi connectivity index (χ0v) is 21.3. The molecular weight excluding hydrogens is 507 g/mol. The van der Waals surface area contributed by atoms with Crippen LogP contribution in [0.15, 0.2) is 54.7 Å². The van der Waals surface area contributed by atoms with E-state index in [4.69, 9.17) is 11.5 Å². The van der Waals surface area contributed by atoms with Crippen LogP contribution in [-0.4, -0.2) is 38.0 Å². The highest BCUT2D eigenvalue weighted by molar-refractivity contribution is 7.09. The van der Waals surface area contributed by atoms with Gasteiger partial charge in [-0.25, -0.2) is 4.39 Å². The van der Waals surface area contributed by atoms with Crippen molar-refractivity contribution >= 4 is 45.8 Å². The van der Waals surface area contributed by atoms with Crippen molar-refractivity contribution in [2.75, 3.05) is 5.73 Å². The second-order valence-corrected chi connectivity index (χ2v) is 10.1. The molecule has 3 amide bonds. The smallest absolute Gasteiger partial charge is 0.270 e. The first-order valence-electron chi connectivity index (χ1n) is 12.3. The fourth-order valence-electron chi connectivity index (χ4n) is 4.97. The van der Waals surface area contributed by atoms with Gasteiger partial charge >= 0.3 is 0 Å². The predicted octanol–water partition coefficient (Wildman–Crippen LogP) is 3.89. The van der Waals surface area contributed by atoms with Crippen LogP contribution in [0, 0.1) is 5.82 Å². The Labute approximate surface area is 222 Å². The number of carbonyl (C=O) groups excluding carboxylic acids is 3. The predicted molar refractivity (Wildman–Crippen MR) is 143 cm³/mol. The molecule has 11 heteroatoms. The first-order chi connectivity index (χ1) is 18.3. The molecule has 1 aliphatic rings. The normalized spacial score (nSPS) is 14.4. The van der Waals surface area contributed by atoms with Gasteiger partial charge in [0.15, 0.2) is 5.69 Å². The number of primary amides is 1. The third kappa shape index (κ3) is 4.84. The Bertz CT molecular complexity index is 1510. The summed E-state index contributed by atoms with van der Waals surface area (Å²) < 4.78 is 18.8. The summed E-state index contributed by atoms with van der Waals surface area (Å²) in [5, 5.41) is 3.85. The van der Waals surface area contributed by atoms with Gasteiger partial charge in [-0.15, -0.1) is 0 Å². The average molecular weight is 535 g/mol. The van der Waals surface area contributed by atoms with Crippen molar-refractivity contribution in [1.82, 2.24) is 19.6 Å². The molecule has 1 saturated carbocycles. The molecule has 1 aliphatic carbocycles. The number of amides is 3.